The lowest BCUT2D eigenvalue weighted by Gasteiger charge is -2.24. The third-order valence-electron chi connectivity index (χ3n) is 3.71. The zero-order chi connectivity index (χ0) is 16.7. The number of ether oxygens (including phenoxy) is 2. The molecule has 1 N–H and O–H groups in total. The molecule has 0 amide bonds. The standard InChI is InChI=1S/C17H13BrFN3O2/c1-9-7-23-14-6-13-10(5-15(14)24-9)17(21-8-20-13)22-12-4-2-3-11(18)16(12)19/h2-6,8-9H,7H2,1H3,(H,20,21,22). The van der Waals surface area contributed by atoms with E-state index in [1.807, 2.05) is 13.0 Å². The van der Waals surface area contributed by atoms with Crippen LogP contribution >= 0.6 is 15.9 Å². The molecule has 0 aliphatic carbocycles. The fourth-order valence-electron chi connectivity index (χ4n) is 2.55. The first-order chi connectivity index (χ1) is 11.6. The van der Waals surface area contributed by atoms with E-state index in [9.17, 15) is 4.39 Å². The van der Waals surface area contributed by atoms with Gasteiger partial charge in [-0.3, -0.25) is 0 Å². The fraction of sp³-hybridized carbons (Fsp3) is 0.176. The van der Waals surface area contributed by atoms with Crippen molar-refractivity contribution in [2.45, 2.75) is 13.0 Å². The Bertz CT molecular complexity index is 935. The highest BCUT2D eigenvalue weighted by Crippen LogP contribution is 2.37. The van der Waals surface area contributed by atoms with E-state index in [0.29, 0.717) is 39.6 Å². The van der Waals surface area contributed by atoms with Gasteiger partial charge in [0.1, 0.15) is 24.9 Å². The number of aromatic nitrogens is 2. The van der Waals surface area contributed by atoms with Crippen LogP contribution in [-0.4, -0.2) is 22.7 Å². The summed E-state index contributed by atoms with van der Waals surface area (Å²) >= 11 is 3.18. The highest BCUT2D eigenvalue weighted by atomic mass is 79.9. The Balaban J connectivity index is 1.81. The average molecular weight is 390 g/mol. The lowest BCUT2D eigenvalue weighted by Crippen LogP contribution is -2.25. The molecule has 122 valence electrons. The molecule has 0 saturated heterocycles. The van der Waals surface area contributed by atoms with Crippen molar-refractivity contribution in [2.75, 3.05) is 11.9 Å². The molecule has 0 saturated carbocycles. The topological polar surface area (TPSA) is 56.3 Å². The van der Waals surface area contributed by atoms with Gasteiger partial charge in [0.2, 0.25) is 0 Å². The van der Waals surface area contributed by atoms with Crippen molar-refractivity contribution in [1.29, 1.82) is 0 Å². The number of hydrogen-bond acceptors (Lipinski definition) is 5. The summed E-state index contributed by atoms with van der Waals surface area (Å²) in [5.74, 6) is 1.41. The molecule has 3 aromatic rings. The first-order valence-corrected chi connectivity index (χ1v) is 8.20. The molecule has 0 fully saturated rings. The molecular weight excluding hydrogens is 377 g/mol. The third-order valence-corrected chi connectivity index (χ3v) is 4.32. The van der Waals surface area contributed by atoms with Crippen molar-refractivity contribution in [1.82, 2.24) is 9.97 Å². The van der Waals surface area contributed by atoms with Crippen molar-refractivity contribution >= 4 is 38.3 Å². The number of fused-ring (bicyclic) bond motifs is 2. The first-order valence-electron chi connectivity index (χ1n) is 7.41. The normalized spacial score (nSPS) is 16.2. The van der Waals surface area contributed by atoms with Gasteiger partial charge in [0.25, 0.3) is 0 Å². The van der Waals surface area contributed by atoms with Gasteiger partial charge in [0, 0.05) is 11.5 Å². The second-order valence-corrected chi connectivity index (χ2v) is 6.36. The van der Waals surface area contributed by atoms with Gasteiger partial charge >= 0.3 is 0 Å². The van der Waals surface area contributed by atoms with Crippen LogP contribution in [0.2, 0.25) is 0 Å². The Morgan fingerprint density at radius 1 is 1.25 bits per heavy atom. The monoisotopic (exact) mass is 389 g/mol. The van der Waals surface area contributed by atoms with E-state index in [2.05, 4.69) is 31.2 Å². The van der Waals surface area contributed by atoms with Gasteiger partial charge in [-0.1, -0.05) is 6.07 Å². The van der Waals surface area contributed by atoms with Crippen LogP contribution in [0.3, 0.4) is 0 Å². The highest BCUT2D eigenvalue weighted by Gasteiger charge is 2.20. The van der Waals surface area contributed by atoms with Crippen molar-refractivity contribution in [3.8, 4) is 11.5 Å². The highest BCUT2D eigenvalue weighted by molar-refractivity contribution is 9.10. The van der Waals surface area contributed by atoms with Crippen LogP contribution in [0.5, 0.6) is 11.5 Å². The lowest BCUT2D eigenvalue weighted by molar-refractivity contribution is 0.104. The minimum atomic E-state index is -0.379. The average Bonchev–Trinajstić information content (AvgIpc) is 2.57. The second-order valence-electron chi connectivity index (χ2n) is 5.50. The summed E-state index contributed by atoms with van der Waals surface area (Å²) in [7, 11) is 0. The van der Waals surface area contributed by atoms with Gasteiger partial charge in [-0.05, 0) is 41.1 Å². The molecule has 5 nitrogen and oxygen atoms in total. The number of nitrogens with zero attached hydrogens (tertiary/aromatic N) is 2. The summed E-state index contributed by atoms with van der Waals surface area (Å²) in [5.41, 5.74) is 1.02. The van der Waals surface area contributed by atoms with Crippen LogP contribution in [0.15, 0.2) is 41.1 Å². The number of nitrogens with one attached hydrogen (secondary N) is 1. The van der Waals surface area contributed by atoms with Crippen molar-refractivity contribution in [3.63, 3.8) is 0 Å². The van der Waals surface area contributed by atoms with Crippen LogP contribution in [0, 0.1) is 5.82 Å². The first kappa shape index (κ1) is 15.1. The molecule has 2 aromatic carbocycles. The number of anilines is 2. The van der Waals surface area contributed by atoms with E-state index in [-0.39, 0.29) is 11.9 Å². The third kappa shape index (κ3) is 2.65. The summed E-state index contributed by atoms with van der Waals surface area (Å²) in [6, 6.07) is 8.66. The minimum Gasteiger partial charge on any atom is -0.486 e. The summed E-state index contributed by atoms with van der Waals surface area (Å²) in [5, 5.41) is 3.75. The molecule has 0 spiro atoms. The molecular formula is C17H13BrFN3O2. The molecule has 4 rings (SSSR count). The number of benzene rings is 2. The predicted octanol–water partition coefficient (Wildman–Crippen LogP) is 4.43. The zero-order valence-electron chi connectivity index (χ0n) is 12.7. The van der Waals surface area contributed by atoms with Gasteiger partial charge in [-0.2, -0.15) is 0 Å². The lowest BCUT2D eigenvalue weighted by atomic mass is 10.2. The Kier molecular flexibility index (Phi) is 3.72. The van der Waals surface area contributed by atoms with E-state index >= 15 is 0 Å². The Labute approximate surface area is 146 Å². The van der Waals surface area contributed by atoms with Crippen LogP contribution in [0.4, 0.5) is 15.9 Å². The fourth-order valence-corrected chi connectivity index (χ4v) is 2.92. The van der Waals surface area contributed by atoms with E-state index in [1.165, 1.54) is 6.33 Å². The van der Waals surface area contributed by atoms with E-state index in [0.717, 1.165) is 5.39 Å². The molecule has 2 heterocycles. The van der Waals surface area contributed by atoms with Gasteiger partial charge in [-0.15, -0.1) is 0 Å². The number of rotatable bonds is 2. The maximum absolute atomic E-state index is 14.2. The second kappa shape index (κ2) is 5.90. The molecule has 24 heavy (non-hydrogen) atoms. The SMILES string of the molecule is CC1COc2cc3ncnc(Nc4cccc(Br)c4F)c3cc2O1. The Morgan fingerprint density at radius 2 is 2.12 bits per heavy atom. The molecule has 7 heteroatoms. The van der Waals surface area contributed by atoms with Gasteiger partial charge in [-0.25, -0.2) is 14.4 Å². The smallest absolute Gasteiger partial charge is 0.163 e. The minimum absolute atomic E-state index is 0.0292. The predicted molar refractivity (Wildman–Crippen MR) is 92.5 cm³/mol. The number of hydrogen-bond donors (Lipinski definition) is 1. The largest absolute Gasteiger partial charge is 0.486 e. The Hall–Kier alpha value is -2.41. The van der Waals surface area contributed by atoms with Crippen LogP contribution in [-0.2, 0) is 0 Å². The molecule has 1 atom stereocenters. The summed E-state index contributed by atoms with van der Waals surface area (Å²) in [6.07, 6.45) is 1.40. The molecule has 1 aromatic heterocycles. The summed E-state index contributed by atoms with van der Waals surface area (Å²) in [6.45, 7) is 2.43. The maximum atomic E-state index is 14.2. The molecule has 1 aliphatic rings. The number of halogens is 2. The Morgan fingerprint density at radius 3 is 3.00 bits per heavy atom. The quantitative estimate of drug-likeness (QED) is 0.702. The van der Waals surface area contributed by atoms with Crippen LogP contribution in [0.1, 0.15) is 6.92 Å². The van der Waals surface area contributed by atoms with E-state index in [4.69, 9.17) is 9.47 Å². The molecule has 1 unspecified atom stereocenters. The van der Waals surface area contributed by atoms with Gasteiger partial charge in [0.05, 0.1) is 15.7 Å². The van der Waals surface area contributed by atoms with Gasteiger partial charge in [0.15, 0.2) is 17.3 Å². The molecule has 0 bridgehead atoms. The van der Waals surface area contributed by atoms with E-state index in [1.54, 1.807) is 24.3 Å². The van der Waals surface area contributed by atoms with Crippen molar-refractivity contribution in [2.24, 2.45) is 0 Å². The molecule has 0 radical (unpaired) electrons. The van der Waals surface area contributed by atoms with Crippen LogP contribution < -0.4 is 14.8 Å². The zero-order valence-corrected chi connectivity index (χ0v) is 14.3. The maximum Gasteiger partial charge on any atom is 0.163 e. The molecule has 1 aliphatic heterocycles. The summed E-state index contributed by atoms with van der Waals surface area (Å²) in [4.78, 5) is 8.50. The summed E-state index contributed by atoms with van der Waals surface area (Å²) < 4.78 is 26.1. The van der Waals surface area contributed by atoms with Crippen molar-refractivity contribution < 1.29 is 13.9 Å². The van der Waals surface area contributed by atoms with E-state index < -0.39 is 0 Å². The van der Waals surface area contributed by atoms with Gasteiger partial charge < -0.3 is 14.8 Å². The van der Waals surface area contributed by atoms with Crippen LogP contribution in [0.25, 0.3) is 10.9 Å². The van der Waals surface area contributed by atoms with Crippen molar-refractivity contribution in [3.05, 3.63) is 46.9 Å².